The Hall–Kier alpha value is -2.82. The van der Waals surface area contributed by atoms with Gasteiger partial charge in [-0.05, 0) is 41.5 Å². The summed E-state index contributed by atoms with van der Waals surface area (Å²) in [7, 11) is 1.46. The number of halogens is 2. The van der Waals surface area contributed by atoms with E-state index in [1.807, 2.05) is 0 Å². The van der Waals surface area contributed by atoms with Gasteiger partial charge in [-0.3, -0.25) is 9.59 Å². The molecule has 0 fully saturated rings. The highest BCUT2D eigenvalue weighted by molar-refractivity contribution is 6.42. The summed E-state index contributed by atoms with van der Waals surface area (Å²) >= 11 is 12.3. The smallest absolute Gasteiger partial charge is 0.247 e. The van der Waals surface area contributed by atoms with E-state index in [0.29, 0.717) is 38.2 Å². The number of methoxy groups -OCH3 is 1. The standard InChI is InChI=1S/C27H30Cl2N2O7/c1-3-22(34)31(12-14-4-5-18(28)19(29)9-14)20-11-17(27(36)30-6-7-32)23-16-8-15(13-33)10-21(37-2)25(16)38-26(23)24(20)35/h4-5,8-11,20,23-24,26,32-33,35H,3,6-7,12-13H2,1-2H3,(H,30,36)/t20-,23+,24+,26+/m1/s1. The first-order valence-electron chi connectivity index (χ1n) is 12.2. The molecular weight excluding hydrogens is 535 g/mol. The van der Waals surface area contributed by atoms with Gasteiger partial charge < -0.3 is 35.0 Å². The minimum atomic E-state index is -1.21. The molecule has 2 aromatic rings. The van der Waals surface area contributed by atoms with Crippen molar-refractivity contribution in [2.45, 2.75) is 50.7 Å². The van der Waals surface area contributed by atoms with Gasteiger partial charge >= 0.3 is 0 Å². The number of aliphatic hydroxyl groups excluding tert-OH is 3. The number of hydrogen-bond acceptors (Lipinski definition) is 7. The molecule has 0 radical (unpaired) electrons. The van der Waals surface area contributed by atoms with E-state index in [1.165, 1.54) is 12.0 Å². The van der Waals surface area contributed by atoms with E-state index in [-0.39, 0.29) is 44.2 Å². The Morgan fingerprint density at radius 1 is 1.13 bits per heavy atom. The minimum Gasteiger partial charge on any atom is -0.493 e. The maximum absolute atomic E-state index is 13.3. The SMILES string of the molecule is CCC(=O)N(Cc1ccc(Cl)c(Cl)c1)[C@@H]1C=C(C(=O)NCCO)[C@@H]2c3cc(CO)cc(OC)c3O[C@@H]2[C@H]1O. The lowest BCUT2D eigenvalue weighted by atomic mass is 9.77. The summed E-state index contributed by atoms with van der Waals surface area (Å²) in [6.45, 7) is 1.33. The third-order valence-corrected chi connectivity index (χ3v) is 7.55. The Morgan fingerprint density at radius 2 is 1.89 bits per heavy atom. The molecule has 0 spiro atoms. The molecule has 1 aliphatic carbocycles. The fourth-order valence-electron chi connectivity index (χ4n) is 5.02. The van der Waals surface area contributed by atoms with Crippen LogP contribution in [-0.4, -0.2) is 70.5 Å². The van der Waals surface area contributed by atoms with Crippen molar-refractivity contribution in [1.82, 2.24) is 10.2 Å². The highest BCUT2D eigenvalue weighted by atomic mass is 35.5. The molecular formula is C27H30Cl2N2O7. The van der Waals surface area contributed by atoms with Crippen molar-refractivity contribution in [3.05, 3.63) is 68.7 Å². The van der Waals surface area contributed by atoms with E-state index in [1.54, 1.807) is 43.3 Å². The molecule has 2 aliphatic rings. The molecule has 0 saturated heterocycles. The number of ether oxygens (including phenoxy) is 2. The zero-order chi connectivity index (χ0) is 27.6. The number of hydrogen-bond donors (Lipinski definition) is 4. The molecule has 9 nitrogen and oxygen atoms in total. The molecule has 0 unspecified atom stereocenters. The third-order valence-electron chi connectivity index (χ3n) is 6.81. The van der Waals surface area contributed by atoms with Crippen molar-refractivity contribution in [3.63, 3.8) is 0 Å². The van der Waals surface area contributed by atoms with Crippen molar-refractivity contribution in [2.24, 2.45) is 0 Å². The third kappa shape index (κ3) is 5.34. The number of carbonyl (C=O) groups excluding carboxylic acids is 2. The lowest BCUT2D eigenvalue weighted by Crippen LogP contribution is -2.55. The van der Waals surface area contributed by atoms with Crippen molar-refractivity contribution in [1.29, 1.82) is 0 Å². The van der Waals surface area contributed by atoms with Gasteiger partial charge in [-0.25, -0.2) is 0 Å². The van der Waals surface area contributed by atoms with Crippen LogP contribution in [0.1, 0.15) is 36.0 Å². The minimum absolute atomic E-state index is 0.0232. The maximum atomic E-state index is 13.3. The number of amides is 2. The average Bonchev–Trinajstić information content (AvgIpc) is 3.32. The van der Waals surface area contributed by atoms with Crippen LogP contribution in [-0.2, 0) is 22.7 Å². The Kier molecular flexibility index (Phi) is 8.85. The van der Waals surface area contributed by atoms with Gasteiger partial charge in [-0.1, -0.05) is 36.2 Å². The fourth-order valence-corrected chi connectivity index (χ4v) is 5.34. The fraction of sp³-hybridized carbons (Fsp3) is 0.407. The van der Waals surface area contributed by atoms with Crippen molar-refractivity contribution >= 4 is 35.0 Å². The Bertz CT molecular complexity index is 1250. The highest BCUT2D eigenvalue weighted by Gasteiger charge is 2.51. The average molecular weight is 565 g/mol. The van der Waals surface area contributed by atoms with Gasteiger partial charge in [0.1, 0.15) is 12.2 Å². The number of aliphatic hydroxyl groups is 3. The number of rotatable bonds is 9. The first-order valence-corrected chi connectivity index (χ1v) is 13.0. The Labute approximate surface area is 230 Å². The highest BCUT2D eigenvalue weighted by Crippen LogP contribution is 2.51. The summed E-state index contributed by atoms with van der Waals surface area (Å²) < 4.78 is 11.7. The van der Waals surface area contributed by atoms with Crippen LogP contribution in [0.2, 0.25) is 10.0 Å². The molecule has 204 valence electrons. The second-order valence-electron chi connectivity index (χ2n) is 9.14. The van der Waals surface area contributed by atoms with E-state index in [0.717, 1.165) is 0 Å². The summed E-state index contributed by atoms with van der Waals surface area (Å²) in [4.78, 5) is 28.0. The molecule has 2 amide bonds. The normalized spacial score (nSPS) is 21.6. The van der Waals surface area contributed by atoms with Crippen molar-refractivity contribution in [2.75, 3.05) is 20.3 Å². The molecule has 2 aromatic carbocycles. The second kappa shape index (κ2) is 11.9. The van der Waals surface area contributed by atoms with Gasteiger partial charge in [-0.15, -0.1) is 0 Å². The number of benzene rings is 2. The molecule has 0 bridgehead atoms. The zero-order valence-electron chi connectivity index (χ0n) is 21.0. The van der Waals surface area contributed by atoms with E-state index in [9.17, 15) is 24.9 Å². The van der Waals surface area contributed by atoms with E-state index >= 15 is 0 Å². The molecule has 1 aliphatic heterocycles. The molecule has 4 N–H and O–H groups in total. The second-order valence-corrected chi connectivity index (χ2v) is 9.96. The van der Waals surface area contributed by atoms with Crippen LogP contribution in [0.15, 0.2) is 42.0 Å². The van der Waals surface area contributed by atoms with Gasteiger partial charge in [0.2, 0.25) is 11.8 Å². The first-order chi connectivity index (χ1) is 18.2. The predicted molar refractivity (Wildman–Crippen MR) is 141 cm³/mol. The maximum Gasteiger partial charge on any atom is 0.247 e. The van der Waals surface area contributed by atoms with Gasteiger partial charge in [0.15, 0.2) is 11.5 Å². The zero-order valence-corrected chi connectivity index (χ0v) is 22.5. The van der Waals surface area contributed by atoms with Crippen molar-refractivity contribution in [3.8, 4) is 11.5 Å². The van der Waals surface area contributed by atoms with Crippen LogP contribution in [0, 0.1) is 0 Å². The van der Waals surface area contributed by atoms with Gasteiger partial charge in [0, 0.05) is 30.6 Å². The Balaban J connectivity index is 1.81. The number of carbonyl (C=O) groups is 2. The summed E-state index contributed by atoms with van der Waals surface area (Å²) in [5, 5.41) is 34.0. The lowest BCUT2D eigenvalue weighted by molar-refractivity contribution is -0.137. The molecule has 4 atom stereocenters. The predicted octanol–water partition coefficient (Wildman–Crippen LogP) is 2.56. The van der Waals surface area contributed by atoms with E-state index in [4.69, 9.17) is 32.7 Å². The topological polar surface area (TPSA) is 129 Å². The number of nitrogens with one attached hydrogen (secondary N) is 1. The quantitative estimate of drug-likeness (QED) is 0.368. The summed E-state index contributed by atoms with van der Waals surface area (Å²) in [5.74, 6) is -0.691. The van der Waals surface area contributed by atoms with Crippen LogP contribution in [0.5, 0.6) is 11.5 Å². The van der Waals surface area contributed by atoms with E-state index < -0.39 is 30.1 Å². The lowest BCUT2D eigenvalue weighted by Gasteiger charge is -2.40. The van der Waals surface area contributed by atoms with Crippen LogP contribution >= 0.6 is 23.2 Å². The monoisotopic (exact) mass is 564 g/mol. The molecule has 4 rings (SSSR count). The Morgan fingerprint density at radius 3 is 2.53 bits per heavy atom. The molecule has 38 heavy (non-hydrogen) atoms. The van der Waals surface area contributed by atoms with Crippen LogP contribution < -0.4 is 14.8 Å². The van der Waals surface area contributed by atoms with Crippen molar-refractivity contribution < 1.29 is 34.4 Å². The van der Waals surface area contributed by atoms with Crippen LogP contribution in [0.3, 0.4) is 0 Å². The van der Waals surface area contributed by atoms with Gasteiger partial charge in [-0.2, -0.15) is 0 Å². The summed E-state index contributed by atoms with van der Waals surface area (Å²) in [6, 6.07) is 7.46. The number of fused-ring (bicyclic) bond motifs is 3. The van der Waals surface area contributed by atoms with Crippen LogP contribution in [0.25, 0.3) is 0 Å². The van der Waals surface area contributed by atoms with Gasteiger partial charge in [0.05, 0.1) is 42.3 Å². The summed E-state index contributed by atoms with van der Waals surface area (Å²) in [6.07, 6.45) is -0.381. The molecule has 1 heterocycles. The van der Waals surface area contributed by atoms with E-state index in [2.05, 4.69) is 5.32 Å². The molecule has 0 saturated carbocycles. The summed E-state index contributed by atoms with van der Waals surface area (Å²) in [5.41, 5.74) is 2.11. The first kappa shape index (κ1) is 28.2. The van der Waals surface area contributed by atoms with Gasteiger partial charge in [0.25, 0.3) is 0 Å². The molecule has 11 heteroatoms. The largest absolute Gasteiger partial charge is 0.493 e. The number of nitrogens with zero attached hydrogens (tertiary/aromatic N) is 1. The molecule has 0 aromatic heterocycles. The van der Waals surface area contributed by atoms with Crippen LogP contribution in [0.4, 0.5) is 0 Å².